The number of benzene rings is 2. The molecular formula is C18H18F3NO3S. The predicted octanol–water partition coefficient (Wildman–Crippen LogP) is 3.95. The van der Waals surface area contributed by atoms with E-state index in [0.29, 0.717) is 16.9 Å². The Bertz CT molecular complexity index is 791. The van der Waals surface area contributed by atoms with Crippen LogP contribution in [0, 0.1) is 0 Å². The number of rotatable bonds is 6. The van der Waals surface area contributed by atoms with Crippen LogP contribution < -0.4 is 10.1 Å². The molecule has 0 radical (unpaired) electrons. The molecule has 2 rings (SSSR count). The summed E-state index contributed by atoms with van der Waals surface area (Å²) in [4.78, 5) is 12.4. The topological polar surface area (TPSA) is 55.4 Å². The molecule has 1 amide bonds. The maximum atomic E-state index is 12.4. The number of carbonyl (C=O) groups is 1. The molecule has 1 N–H and O–H groups in total. The second-order valence-electron chi connectivity index (χ2n) is 5.73. The Kier molecular flexibility index (Phi) is 6.42. The fraction of sp³-hybridized carbons (Fsp3) is 0.278. The van der Waals surface area contributed by atoms with Crippen LogP contribution in [0.15, 0.2) is 48.5 Å². The molecule has 0 saturated heterocycles. The summed E-state index contributed by atoms with van der Waals surface area (Å²) in [7, 11) is -1.01. The van der Waals surface area contributed by atoms with Gasteiger partial charge in [-0.05, 0) is 42.3 Å². The third kappa shape index (κ3) is 6.18. The van der Waals surface area contributed by atoms with Crippen LogP contribution in [0.25, 0.3) is 0 Å². The first-order chi connectivity index (χ1) is 12.1. The average molecular weight is 385 g/mol. The van der Waals surface area contributed by atoms with Crippen molar-refractivity contribution in [3.8, 4) is 5.75 Å². The zero-order valence-electron chi connectivity index (χ0n) is 14.2. The number of hydrogen-bond acceptors (Lipinski definition) is 3. The Labute approximate surface area is 151 Å². The molecule has 0 aliphatic heterocycles. The summed E-state index contributed by atoms with van der Waals surface area (Å²) in [6.07, 6.45) is -3.16. The largest absolute Gasteiger partial charge is 0.573 e. The molecule has 4 nitrogen and oxygen atoms in total. The minimum Gasteiger partial charge on any atom is -0.406 e. The number of hydrogen-bond donors (Lipinski definition) is 1. The summed E-state index contributed by atoms with van der Waals surface area (Å²) in [5.74, 6) is -0.283. The molecule has 0 spiro atoms. The predicted molar refractivity (Wildman–Crippen MR) is 93.2 cm³/mol. The van der Waals surface area contributed by atoms with Crippen molar-refractivity contribution < 1.29 is 26.9 Å². The third-order valence-electron chi connectivity index (χ3n) is 3.52. The zero-order valence-corrected chi connectivity index (χ0v) is 15.0. The standard InChI is InChI=1S/C18H18F3NO3S/c1-12(14-6-8-16(9-7-14)25-18(19,20)21)22-17(23)15-5-3-4-13(10-15)11-26(2)24/h3-10,12H,11H2,1-2H3,(H,22,23)/t12-,26+/m1/s1. The normalized spacial score (nSPS) is 13.7. The third-order valence-corrected chi connectivity index (χ3v) is 4.26. The lowest BCUT2D eigenvalue weighted by molar-refractivity contribution is -0.274. The number of nitrogens with one attached hydrogen (secondary N) is 1. The number of halogens is 3. The molecule has 0 heterocycles. The highest BCUT2D eigenvalue weighted by molar-refractivity contribution is 7.83. The van der Waals surface area contributed by atoms with Crippen molar-refractivity contribution in [3.05, 3.63) is 65.2 Å². The Morgan fingerprint density at radius 3 is 2.42 bits per heavy atom. The van der Waals surface area contributed by atoms with Crippen LogP contribution in [0.4, 0.5) is 13.2 Å². The summed E-state index contributed by atoms with van der Waals surface area (Å²) in [5, 5.41) is 2.78. The van der Waals surface area contributed by atoms with Crippen molar-refractivity contribution in [2.75, 3.05) is 6.26 Å². The lowest BCUT2D eigenvalue weighted by atomic mass is 10.1. The molecule has 0 aliphatic rings. The molecule has 0 bridgehead atoms. The molecule has 0 saturated carbocycles. The van der Waals surface area contributed by atoms with Gasteiger partial charge in [0.05, 0.1) is 6.04 Å². The van der Waals surface area contributed by atoms with E-state index in [9.17, 15) is 22.2 Å². The van der Waals surface area contributed by atoms with Gasteiger partial charge in [-0.3, -0.25) is 9.00 Å². The summed E-state index contributed by atoms with van der Waals surface area (Å²) in [5.41, 5.74) is 1.86. The molecular weight excluding hydrogens is 367 g/mol. The smallest absolute Gasteiger partial charge is 0.406 e. The van der Waals surface area contributed by atoms with Gasteiger partial charge in [-0.2, -0.15) is 0 Å². The van der Waals surface area contributed by atoms with E-state index in [0.717, 1.165) is 5.56 Å². The van der Waals surface area contributed by atoms with Crippen molar-refractivity contribution in [1.82, 2.24) is 5.32 Å². The Morgan fingerprint density at radius 2 is 1.85 bits per heavy atom. The van der Waals surface area contributed by atoms with Gasteiger partial charge in [0.15, 0.2) is 0 Å². The molecule has 2 aromatic carbocycles. The first-order valence-corrected chi connectivity index (χ1v) is 9.42. The quantitative estimate of drug-likeness (QED) is 0.819. The average Bonchev–Trinajstić information content (AvgIpc) is 2.53. The Hall–Kier alpha value is -2.35. The molecule has 8 heteroatoms. The Balaban J connectivity index is 2.03. The van der Waals surface area contributed by atoms with E-state index >= 15 is 0 Å². The number of amides is 1. The molecule has 2 atom stereocenters. The minimum atomic E-state index is -4.74. The summed E-state index contributed by atoms with van der Waals surface area (Å²) < 4.78 is 51.6. The zero-order chi connectivity index (χ0) is 19.3. The highest BCUT2D eigenvalue weighted by atomic mass is 32.2. The second kappa shape index (κ2) is 8.35. The highest BCUT2D eigenvalue weighted by Gasteiger charge is 2.31. The number of ether oxygens (including phenoxy) is 1. The van der Waals surface area contributed by atoms with E-state index in [-0.39, 0.29) is 11.7 Å². The van der Waals surface area contributed by atoms with E-state index in [1.54, 1.807) is 37.4 Å². The van der Waals surface area contributed by atoms with Gasteiger partial charge in [-0.25, -0.2) is 0 Å². The van der Waals surface area contributed by atoms with Gasteiger partial charge in [0.1, 0.15) is 5.75 Å². The van der Waals surface area contributed by atoms with E-state index < -0.39 is 23.2 Å². The van der Waals surface area contributed by atoms with Crippen LogP contribution >= 0.6 is 0 Å². The highest BCUT2D eigenvalue weighted by Crippen LogP contribution is 2.24. The monoisotopic (exact) mass is 385 g/mol. The van der Waals surface area contributed by atoms with Crippen molar-refractivity contribution in [2.45, 2.75) is 25.1 Å². The first-order valence-electron chi connectivity index (χ1n) is 7.69. The van der Waals surface area contributed by atoms with Crippen molar-refractivity contribution in [2.24, 2.45) is 0 Å². The maximum Gasteiger partial charge on any atom is 0.573 e. The number of alkyl halides is 3. The lowest BCUT2D eigenvalue weighted by Crippen LogP contribution is -2.26. The maximum absolute atomic E-state index is 12.4. The van der Waals surface area contributed by atoms with E-state index in [1.807, 2.05) is 0 Å². The van der Waals surface area contributed by atoms with Crippen molar-refractivity contribution in [3.63, 3.8) is 0 Å². The molecule has 0 aliphatic carbocycles. The summed E-state index contributed by atoms with van der Waals surface area (Å²) in [6.45, 7) is 1.72. The van der Waals surface area contributed by atoms with Gasteiger partial charge in [0.25, 0.3) is 5.91 Å². The first kappa shape index (κ1) is 20.0. The van der Waals surface area contributed by atoms with Crippen LogP contribution in [-0.2, 0) is 16.6 Å². The molecule has 0 unspecified atom stereocenters. The van der Waals surface area contributed by atoms with Gasteiger partial charge in [0.2, 0.25) is 0 Å². The second-order valence-corrected chi connectivity index (χ2v) is 7.16. The fourth-order valence-electron chi connectivity index (χ4n) is 2.36. The summed E-state index contributed by atoms with van der Waals surface area (Å²) >= 11 is 0. The van der Waals surface area contributed by atoms with Crippen LogP contribution in [0.5, 0.6) is 5.75 Å². The van der Waals surface area contributed by atoms with Crippen molar-refractivity contribution >= 4 is 16.7 Å². The lowest BCUT2D eigenvalue weighted by Gasteiger charge is -2.16. The van der Waals surface area contributed by atoms with Crippen LogP contribution in [0.3, 0.4) is 0 Å². The van der Waals surface area contributed by atoms with Gasteiger partial charge < -0.3 is 10.1 Å². The van der Waals surface area contributed by atoms with E-state index in [4.69, 9.17) is 0 Å². The van der Waals surface area contributed by atoms with Crippen LogP contribution in [0.2, 0.25) is 0 Å². The minimum absolute atomic E-state index is 0.319. The van der Waals surface area contributed by atoms with Crippen LogP contribution in [0.1, 0.15) is 34.5 Å². The van der Waals surface area contributed by atoms with Crippen LogP contribution in [-0.4, -0.2) is 22.7 Å². The SMILES string of the molecule is C[C@@H](NC(=O)c1cccc(C[S@](C)=O)c1)c1ccc(OC(F)(F)F)cc1. The van der Waals surface area contributed by atoms with Gasteiger partial charge >= 0.3 is 6.36 Å². The molecule has 26 heavy (non-hydrogen) atoms. The Morgan fingerprint density at radius 1 is 1.19 bits per heavy atom. The van der Waals surface area contributed by atoms with Gasteiger partial charge in [0, 0.05) is 28.4 Å². The van der Waals surface area contributed by atoms with E-state index in [2.05, 4.69) is 10.1 Å². The molecule has 2 aromatic rings. The number of carbonyl (C=O) groups excluding carboxylic acids is 1. The van der Waals surface area contributed by atoms with Gasteiger partial charge in [-0.15, -0.1) is 13.2 Å². The molecule has 140 valence electrons. The van der Waals surface area contributed by atoms with Gasteiger partial charge in [-0.1, -0.05) is 24.3 Å². The van der Waals surface area contributed by atoms with Crippen molar-refractivity contribution in [1.29, 1.82) is 0 Å². The van der Waals surface area contributed by atoms with E-state index in [1.165, 1.54) is 24.3 Å². The molecule has 0 aromatic heterocycles. The fourth-order valence-corrected chi connectivity index (χ4v) is 3.01. The molecule has 0 fully saturated rings. The summed E-state index contributed by atoms with van der Waals surface area (Å²) in [6, 6.07) is 11.7.